The number of carbonyl (C=O) groups is 2. The first-order valence-corrected chi connectivity index (χ1v) is 10.4. The van der Waals surface area contributed by atoms with Gasteiger partial charge in [-0.3, -0.25) is 14.5 Å². The third-order valence-corrected chi connectivity index (χ3v) is 5.47. The summed E-state index contributed by atoms with van der Waals surface area (Å²) in [6, 6.07) is 15.3. The maximum Gasteiger partial charge on any atom is 0.251 e. The maximum atomic E-state index is 12.5. The Balaban J connectivity index is 1.26. The van der Waals surface area contributed by atoms with E-state index < -0.39 is 0 Å². The standard InChI is InChI=1S/C22H25ClN4O2/c23-17-4-2-6-20(14-17)27-11-9-26(10-12-27)15-21(28)24-19-5-1-3-16(13-19)22(29)25-18-7-8-18/h1-6,13-14,18H,7-12,15H2,(H,24,28)(H,25,29). The number of nitrogens with one attached hydrogen (secondary N) is 2. The van der Waals surface area contributed by atoms with Crippen molar-refractivity contribution >= 4 is 34.8 Å². The SMILES string of the molecule is O=C(CN1CCN(c2cccc(Cl)c2)CC1)Nc1cccc(C(=O)NC2CC2)c1. The fraction of sp³-hybridized carbons (Fsp3) is 0.364. The minimum atomic E-state index is -0.0827. The molecule has 2 aliphatic rings. The summed E-state index contributed by atoms with van der Waals surface area (Å²) < 4.78 is 0. The molecule has 1 saturated carbocycles. The molecule has 0 radical (unpaired) electrons. The topological polar surface area (TPSA) is 64.7 Å². The van der Waals surface area contributed by atoms with Crippen LogP contribution in [0.15, 0.2) is 48.5 Å². The molecule has 1 saturated heterocycles. The first-order valence-electron chi connectivity index (χ1n) is 10.0. The van der Waals surface area contributed by atoms with Gasteiger partial charge in [-0.1, -0.05) is 23.7 Å². The lowest BCUT2D eigenvalue weighted by Crippen LogP contribution is -2.48. The molecule has 0 atom stereocenters. The van der Waals surface area contributed by atoms with Crippen LogP contribution in [0.1, 0.15) is 23.2 Å². The highest BCUT2D eigenvalue weighted by atomic mass is 35.5. The molecule has 29 heavy (non-hydrogen) atoms. The van der Waals surface area contributed by atoms with Crippen molar-refractivity contribution in [1.29, 1.82) is 0 Å². The number of halogens is 1. The molecule has 2 aromatic carbocycles. The molecule has 6 nitrogen and oxygen atoms in total. The summed E-state index contributed by atoms with van der Waals surface area (Å²) in [5.74, 6) is -0.151. The number of carbonyl (C=O) groups excluding carboxylic acids is 2. The predicted molar refractivity (Wildman–Crippen MR) is 116 cm³/mol. The van der Waals surface area contributed by atoms with Gasteiger partial charge >= 0.3 is 0 Å². The van der Waals surface area contributed by atoms with Gasteiger partial charge in [0.05, 0.1) is 6.54 Å². The highest BCUT2D eigenvalue weighted by Gasteiger charge is 2.24. The van der Waals surface area contributed by atoms with E-state index >= 15 is 0 Å². The van der Waals surface area contributed by atoms with E-state index in [1.807, 2.05) is 24.3 Å². The molecule has 0 bridgehead atoms. The minimum absolute atomic E-state index is 0.0686. The Labute approximate surface area is 175 Å². The molecule has 4 rings (SSSR count). The number of benzene rings is 2. The summed E-state index contributed by atoms with van der Waals surface area (Å²) in [5.41, 5.74) is 2.34. The summed E-state index contributed by atoms with van der Waals surface area (Å²) in [6.45, 7) is 3.66. The Morgan fingerprint density at radius 3 is 2.48 bits per heavy atom. The van der Waals surface area contributed by atoms with Gasteiger partial charge in [0.25, 0.3) is 5.91 Å². The average Bonchev–Trinajstić information content (AvgIpc) is 3.53. The van der Waals surface area contributed by atoms with Crippen LogP contribution in [0, 0.1) is 0 Å². The lowest BCUT2D eigenvalue weighted by atomic mass is 10.2. The normalized spacial score (nSPS) is 17.1. The van der Waals surface area contributed by atoms with Gasteiger partial charge in [0.15, 0.2) is 0 Å². The second-order valence-corrected chi connectivity index (χ2v) is 8.06. The van der Waals surface area contributed by atoms with Gasteiger partial charge in [0.2, 0.25) is 5.91 Å². The first-order chi connectivity index (χ1) is 14.1. The summed E-state index contributed by atoms with van der Waals surface area (Å²) in [4.78, 5) is 29.1. The van der Waals surface area contributed by atoms with Crippen LogP contribution >= 0.6 is 11.6 Å². The van der Waals surface area contributed by atoms with E-state index in [2.05, 4.69) is 26.5 Å². The molecular weight excluding hydrogens is 388 g/mol. The van der Waals surface area contributed by atoms with Gasteiger partial charge in [-0.25, -0.2) is 0 Å². The van der Waals surface area contributed by atoms with Crippen LogP contribution in [0.3, 0.4) is 0 Å². The molecule has 2 amide bonds. The van der Waals surface area contributed by atoms with Crippen molar-refractivity contribution in [2.75, 3.05) is 42.9 Å². The summed E-state index contributed by atoms with van der Waals surface area (Å²) in [6.07, 6.45) is 2.10. The number of piperazine rings is 1. The number of anilines is 2. The number of hydrogen-bond donors (Lipinski definition) is 2. The molecule has 1 aliphatic carbocycles. The second kappa shape index (κ2) is 8.84. The molecule has 152 valence electrons. The number of nitrogens with zero attached hydrogens (tertiary/aromatic N) is 2. The second-order valence-electron chi connectivity index (χ2n) is 7.62. The van der Waals surface area contributed by atoms with Crippen LogP contribution in [0.5, 0.6) is 0 Å². The third kappa shape index (κ3) is 5.49. The largest absolute Gasteiger partial charge is 0.369 e. The van der Waals surface area contributed by atoms with E-state index in [0.717, 1.165) is 49.7 Å². The molecule has 0 aromatic heterocycles. The highest BCUT2D eigenvalue weighted by molar-refractivity contribution is 6.30. The zero-order chi connectivity index (χ0) is 20.2. The fourth-order valence-electron chi connectivity index (χ4n) is 3.48. The van der Waals surface area contributed by atoms with Crippen molar-refractivity contribution in [2.45, 2.75) is 18.9 Å². The zero-order valence-corrected chi connectivity index (χ0v) is 17.0. The molecule has 2 fully saturated rings. The van der Waals surface area contributed by atoms with Crippen LogP contribution in [-0.2, 0) is 4.79 Å². The van der Waals surface area contributed by atoms with Gasteiger partial charge < -0.3 is 15.5 Å². The van der Waals surface area contributed by atoms with Crippen LogP contribution in [0.4, 0.5) is 11.4 Å². The molecule has 1 aliphatic heterocycles. The molecule has 2 aromatic rings. The van der Waals surface area contributed by atoms with Crippen LogP contribution in [0.2, 0.25) is 5.02 Å². The van der Waals surface area contributed by atoms with Gasteiger partial charge in [-0.05, 0) is 49.2 Å². The van der Waals surface area contributed by atoms with Crippen molar-refractivity contribution in [1.82, 2.24) is 10.2 Å². The number of hydrogen-bond acceptors (Lipinski definition) is 4. The van der Waals surface area contributed by atoms with Gasteiger partial charge in [-0.15, -0.1) is 0 Å². The van der Waals surface area contributed by atoms with Crippen LogP contribution in [0.25, 0.3) is 0 Å². The van der Waals surface area contributed by atoms with E-state index in [9.17, 15) is 9.59 Å². The van der Waals surface area contributed by atoms with Crippen molar-refractivity contribution in [3.8, 4) is 0 Å². The van der Waals surface area contributed by atoms with E-state index in [4.69, 9.17) is 11.6 Å². The molecular formula is C22H25ClN4O2. The van der Waals surface area contributed by atoms with Gasteiger partial charge in [0.1, 0.15) is 0 Å². The predicted octanol–water partition coefficient (Wildman–Crippen LogP) is 2.99. The lowest BCUT2D eigenvalue weighted by Gasteiger charge is -2.35. The quantitative estimate of drug-likeness (QED) is 0.765. The summed E-state index contributed by atoms with van der Waals surface area (Å²) >= 11 is 6.08. The van der Waals surface area contributed by atoms with Gasteiger partial charge in [-0.2, -0.15) is 0 Å². The average molecular weight is 413 g/mol. The van der Waals surface area contributed by atoms with Crippen molar-refractivity contribution in [3.05, 3.63) is 59.1 Å². The number of rotatable bonds is 6. The van der Waals surface area contributed by atoms with E-state index in [0.29, 0.717) is 23.8 Å². The van der Waals surface area contributed by atoms with E-state index in [-0.39, 0.29) is 11.8 Å². The van der Waals surface area contributed by atoms with Crippen molar-refractivity contribution in [3.63, 3.8) is 0 Å². The molecule has 2 N–H and O–H groups in total. The Morgan fingerprint density at radius 1 is 1.00 bits per heavy atom. The Bertz CT molecular complexity index is 892. The van der Waals surface area contributed by atoms with Gasteiger partial charge in [0, 0.05) is 54.2 Å². The van der Waals surface area contributed by atoms with Crippen LogP contribution < -0.4 is 15.5 Å². The van der Waals surface area contributed by atoms with E-state index in [1.54, 1.807) is 18.2 Å². The molecule has 1 heterocycles. The monoisotopic (exact) mass is 412 g/mol. The molecule has 0 unspecified atom stereocenters. The smallest absolute Gasteiger partial charge is 0.251 e. The fourth-order valence-corrected chi connectivity index (χ4v) is 3.66. The van der Waals surface area contributed by atoms with Crippen molar-refractivity contribution < 1.29 is 9.59 Å². The lowest BCUT2D eigenvalue weighted by molar-refractivity contribution is -0.117. The Hall–Kier alpha value is -2.57. The minimum Gasteiger partial charge on any atom is -0.369 e. The van der Waals surface area contributed by atoms with Crippen molar-refractivity contribution in [2.24, 2.45) is 0 Å². The third-order valence-electron chi connectivity index (χ3n) is 5.23. The zero-order valence-electron chi connectivity index (χ0n) is 16.2. The Morgan fingerprint density at radius 2 is 1.76 bits per heavy atom. The van der Waals surface area contributed by atoms with E-state index in [1.165, 1.54) is 0 Å². The maximum absolute atomic E-state index is 12.5. The Kier molecular flexibility index (Phi) is 6.02. The summed E-state index contributed by atoms with van der Waals surface area (Å²) in [7, 11) is 0. The summed E-state index contributed by atoms with van der Waals surface area (Å²) in [5, 5.41) is 6.61. The highest BCUT2D eigenvalue weighted by Crippen LogP contribution is 2.21. The number of amides is 2. The van der Waals surface area contributed by atoms with Crippen LogP contribution in [-0.4, -0.2) is 55.5 Å². The first kappa shape index (κ1) is 19.7. The molecule has 7 heteroatoms. The molecule has 0 spiro atoms.